The van der Waals surface area contributed by atoms with E-state index in [4.69, 9.17) is 4.74 Å². The first-order valence-electron chi connectivity index (χ1n) is 6.46. The molecule has 0 spiro atoms. The molecule has 0 amide bonds. The Balaban J connectivity index is 2.00. The first-order chi connectivity index (χ1) is 10.7. The highest BCUT2D eigenvalue weighted by Gasteiger charge is 2.08. The molecule has 22 heavy (non-hydrogen) atoms. The van der Waals surface area contributed by atoms with Gasteiger partial charge in [0.1, 0.15) is 17.9 Å². The molecular formula is C15H13N3O3S. The summed E-state index contributed by atoms with van der Waals surface area (Å²) in [7, 11) is -1.01. The average Bonchev–Trinajstić information content (AvgIpc) is 3.04. The predicted molar refractivity (Wildman–Crippen MR) is 81.9 cm³/mol. The van der Waals surface area contributed by atoms with E-state index >= 15 is 0 Å². The van der Waals surface area contributed by atoms with Gasteiger partial charge in [0, 0.05) is 11.8 Å². The third-order valence-corrected chi connectivity index (χ3v) is 3.90. The van der Waals surface area contributed by atoms with Crippen LogP contribution in [0.4, 0.5) is 0 Å². The highest BCUT2D eigenvalue weighted by Crippen LogP contribution is 2.24. The number of thiol groups is 1. The van der Waals surface area contributed by atoms with Crippen LogP contribution in [0.2, 0.25) is 0 Å². The quantitative estimate of drug-likeness (QED) is 0.745. The first kappa shape index (κ1) is 14.3. The molecule has 2 heterocycles. The van der Waals surface area contributed by atoms with E-state index in [1.807, 2.05) is 24.3 Å². The second-order valence-corrected chi connectivity index (χ2v) is 5.54. The lowest BCUT2D eigenvalue weighted by Gasteiger charge is -2.08. The predicted octanol–water partition coefficient (Wildman–Crippen LogP) is 1.91. The molecule has 0 aliphatic carbocycles. The summed E-state index contributed by atoms with van der Waals surface area (Å²) in [5.41, 5.74) is 1.81. The summed E-state index contributed by atoms with van der Waals surface area (Å²) in [5.74, 6) is 1.38. The molecule has 0 aliphatic heterocycles. The van der Waals surface area contributed by atoms with Gasteiger partial charge in [0.2, 0.25) is 0 Å². The van der Waals surface area contributed by atoms with E-state index in [2.05, 4.69) is 9.97 Å². The third kappa shape index (κ3) is 2.71. The number of hydrogen-bond acceptors (Lipinski definition) is 5. The van der Waals surface area contributed by atoms with Gasteiger partial charge >= 0.3 is 0 Å². The van der Waals surface area contributed by atoms with Crippen molar-refractivity contribution < 1.29 is 13.2 Å². The molecule has 0 aliphatic rings. The van der Waals surface area contributed by atoms with Gasteiger partial charge in [0.05, 0.1) is 23.9 Å². The number of pyridine rings is 1. The number of ether oxygens (including phenoxy) is 1. The van der Waals surface area contributed by atoms with Crippen LogP contribution in [0.3, 0.4) is 0 Å². The summed E-state index contributed by atoms with van der Waals surface area (Å²) in [6.07, 6.45) is 4.70. The maximum absolute atomic E-state index is 10.9. The Hall–Kier alpha value is -2.67. The fourth-order valence-electron chi connectivity index (χ4n) is 2.08. The zero-order valence-electron chi connectivity index (χ0n) is 11.7. The Morgan fingerprint density at radius 3 is 2.41 bits per heavy atom. The standard InChI is InChI=1S/C15H13N3O3S/c1-21-12-4-2-11(3-5-12)14-9-16-10-18(14)15-7-6-13(8-17-15)22(19)20/h2-10,22H,1H3. The van der Waals surface area contributed by atoms with E-state index in [9.17, 15) is 8.42 Å². The van der Waals surface area contributed by atoms with Gasteiger partial charge < -0.3 is 4.74 Å². The van der Waals surface area contributed by atoms with E-state index < -0.39 is 10.7 Å². The summed E-state index contributed by atoms with van der Waals surface area (Å²) in [6.45, 7) is 0. The lowest BCUT2D eigenvalue weighted by atomic mass is 10.1. The van der Waals surface area contributed by atoms with Gasteiger partial charge in [0.25, 0.3) is 0 Å². The third-order valence-electron chi connectivity index (χ3n) is 3.21. The van der Waals surface area contributed by atoms with Crippen LogP contribution in [-0.2, 0) is 10.7 Å². The van der Waals surface area contributed by atoms with Crippen LogP contribution in [-0.4, -0.2) is 30.1 Å². The number of nitrogens with zero attached hydrogens (tertiary/aromatic N) is 3. The van der Waals surface area contributed by atoms with Crippen LogP contribution < -0.4 is 4.74 Å². The molecule has 0 fully saturated rings. The van der Waals surface area contributed by atoms with Crippen LogP contribution in [0, 0.1) is 0 Å². The topological polar surface area (TPSA) is 74.1 Å². The molecule has 0 bridgehead atoms. The number of methoxy groups -OCH3 is 1. The zero-order chi connectivity index (χ0) is 15.5. The summed E-state index contributed by atoms with van der Waals surface area (Å²) < 4.78 is 28.8. The second kappa shape index (κ2) is 5.98. The van der Waals surface area contributed by atoms with Crippen molar-refractivity contribution in [3.63, 3.8) is 0 Å². The summed E-state index contributed by atoms with van der Waals surface area (Å²) in [5, 5.41) is 0. The van der Waals surface area contributed by atoms with Gasteiger partial charge in [-0.1, -0.05) is 0 Å². The molecule has 0 radical (unpaired) electrons. The maximum Gasteiger partial charge on any atom is 0.169 e. The molecule has 0 saturated heterocycles. The van der Waals surface area contributed by atoms with Crippen LogP contribution in [0.15, 0.2) is 60.0 Å². The summed E-state index contributed by atoms with van der Waals surface area (Å²) >= 11 is 0. The summed E-state index contributed by atoms with van der Waals surface area (Å²) in [6, 6.07) is 10.8. The molecule has 0 saturated carbocycles. The Kier molecular flexibility index (Phi) is 3.88. The van der Waals surface area contributed by atoms with Crippen molar-refractivity contribution in [1.29, 1.82) is 0 Å². The number of aromatic nitrogens is 3. The molecule has 3 rings (SSSR count). The average molecular weight is 315 g/mol. The smallest absolute Gasteiger partial charge is 0.169 e. The molecule has 112 valence electrons. The summed E-state index contributed by atoms with van der Waals surface area (Å²) in [4.78, 5) is 8.51. The lowest BCUT2D eigenvalue weighted by molar-refractivity contribution is 0.415. The fraction of sp³-hybridized carbons (Fsp3) is 0.0667. The van der Waals surface area contributed by atoms with Crippen molar-refractivity contribution in [2.75, 3.05) is 7.11 Å². The van der Waals surface area contributed by atoms with E-state index in [0.717, 1.165) is 17.0 Å². The van der Waals surface area contributed by atoms with Crippen LogP contribution in [0.25, 0.3) is 17.1 Å². The van der Waals surface area contributed by atoms with Crippen molar-refractivity contribution in [3.8, 4) is 22.8 Å². The minimum atomic E-state index is -2.62. The molecular weight excluding hydrogens is 302 g/mol. The van der Waals surface area contributed by atoms with Crippen molar-refractivity contribution in [1.82, 2.24) is 14.5 Å². The second-order valence-electron chi connectivity index (χ2n) is 4.51. The lowest BCUT2D eigenvalue weighted by Crippen LogP contribution is -1.98. The van der Waals surface area contributed by atoms with Crippen molar-refractivity contribution in [2.24, 2.45) is 0 Å². The van der Waals surface area contributed by atoms with Gasteiger partial charge in [0.15, 0.2) is 10.7 Å². The van der Waals surface area contributed by atoms with Crippen molar-refractivity contribution in [2.45, 2.75) is 4.90 Å². The Labute approximate surface area is 129 Å². The molecule has 0 N–H and O–H groups in total. The molecule has 2 aromatic heterocycles. The Morgan fingerprint density at radius 1 is 1.05 bits per heavy atom. The molecule has 3 aromatic rings. The van der Waals surface area contributed by atoms with Gasteiger partial charge in [-0.15, -0.1) is 0 Å². The van der Waals surface area contributed by atoms with Crippen molar-refractivity contribution >= 4 is 10.7 Å². The minimum absolute atomic E-state index is 0.185. The van der Waals surface area contributed by atoms with Gasteiger partial charge in [-0.25, -0.2) is 18.4 Å². The highest BCUT2D eigenvalue weighted by molar-refractivity contribution is 7.72. The zero-order valence-corrected chi connectivity index (χ0v) is 12.6. The molecule has 7 heteroatoms. The van der Waals surface area contributed by atoms with E-state index in [-0.39, 0.29) is 4.90 Å². The van der Waals surface area contributed by atoms with Gasteiger partial charge in [-0.05, 0) is 36.4 Å². The normalized spacial score (nSPS) is 10.8. The number of imidazole rings is 1. The van der Waals surface area contributed by atoms with E-state index in [1.54, 1.807) is 30.3 Å². The molecule has 1 aromatic carbocycles. The largest absolute Gasteiger partial charge is 0.497 e. The monoisotopic (exact) mass is 315 g/mol. The van der Waals surface area contributed by atoms with Gasteiger partial charge in [-0.2, -0.15) is 0 Å². The first-order valence-corrected chi connectivity index (χ1v) is 7.64. The van der Waals surface area contributed by atoms with Crippen molar-refractivity contribution in [3.05, 3.63) is 55.1 Å². The van der Waals surface area contributed by atoms with Crippen LogP contribution in [0.5, 0.6) is 5.75 Å². The Morgan fingerprint density at radius 2 is 1.82 bits per heavy atom. The number of rotatable bonds is 4. The minimum Gasteiger partial charge on any atom is -0.497 e. The molecule has 0 unspecified atom stereocenters. The molecule has 6 nitrogen and oxygen atoms in total. The van der Waals surface area contributed by atoms with Crippen LogP contribution >= 0.6 is 0 Å². The van der Waals surface area contributed by atoms with Gasteiger partial charge in [-0.3, -0.25) is 4.57 Å². The number of hydrogen-bond donors (Lipinski definition) is 1. The van der Waals surface area contributed by atoms with E-state index in [0.29, 0.717) is 5.82 Å². The van der Waals surface area contributed by atoms with Crippen LogP contribution in [0.1, 0.15) is 0 Å². The SMILES string of the molecule is COc1ccc(-c2cncn2-c2ccc([SH](=O)=O)cn2)cc1. The molecule has 0 atom stereocenters. The highest BCUT2D eigenvalue weighted by atomic mass is 32.2. The Bertz CT molecular complexity index is 844. The fourth-order valence-corrected chi connectivity index (χ4v) is 2.43. The number of benzene rings is 1. The van der Waals surface area contributed by atoms with E-state index in [1.165, 1.54) is 12.3 Å². The maximum atomic E-state index is 10.9.